The van der Waals surface area contributed by atoms with Crippen molar-refractivity contribution in [1.82, 2.24) is 10.3 Å². The molecule has 1 N–H and O–H groups in total. The van der Waals surface area contributed by atoms with Gasteiger partial charge in [-0.15, -0.1) is 0 Å². The zero-order valence-corrected chi connectivity index (χ0v) is 13.4. The van der Waals surface area contributed by atoms with Gasteiger partial charge in [0, 0.05) is 32.3 Å². The topological polar surface area (TPSA) is 45.2 Å². The third-order valence-corrected chi connectivity index (χ3v) is 4.21. The quantitative estimate of drug-likeness (QED) is 0.892. The van der Waals surface area contributed by atoms with Gasteiger partial charge in [-0.3, -0.25) is 4.79 Å². The van der Waals surface area contributed by atoms with E-state index in [1.807, 2.05) is 30.5 Å². The number of aromatic nitrogens is 1. The number of anilines is 1. The van der Waals surface area contributed by atoms with E-state index in [2.05, 4.69) is 33.4 Å². The molecule has 120 valence electrons. The summed E-state index contributed by atoms with van der Waals surface area (Å²) in [6, 6.07) is 14.2. The van der Waals surface area contributed by atoms with Crippen molar-refractivity contribution in [2.45, 2.75) is 32.2 Å². The van der Waals surface area contributed by atoms with Crippen LogP contribution in [0.25, 0.3) is 0 Å². The number of carbonyl (C=O) groups excluding carboxylic acids is 1. The van der Waals surface area contributed by atoms with Crippen molar-refractivity contribution >= 4 is 11.7 Å². The highest BCUT2D eigenvalue weighted by Gasteiger charge is 2.13. The van der Waals surface area contributed by atoms with Crippen molar-refractivity contribution in [3.8, 4) is 0 Å². The zero-order chi connectivity index (χ0) is 15.9. The normalized spacial score (nSPS) is 14.0. The molecule has 0 radical (unpaired) electrons. The van der Waals surface area contributed by atoms with Crippen molar-refractivity contribution in [3.05, 3.63) is 59.8 Å². The highest BCUT2D eigenvalue weighted by molar-refractivity contribution is 5.76. The van der Waals surface area contributed by atoms with Crippen molar-refractivity contribution < 1.29 is 4.79 Å². The Morgan fingerprint density at radius 3 is 2.65 bits per heavy atom. The molecule has 0 saturated carbocycles. The van der Waals surface area contributed by atoms with E-state index in [9.17, 15) is 4.79 Å². The molecule has 3 rings (SSSR count). The number of nitrogens with zero attached hydrogens (tertiary/aromatic N) is 2. The Morgan fingerprint density at radius 2 is 1.87 bits per heavy atom. The predicted molar refractivity (Wildman–Crippen MR) is 92.3 cm³/mol. The maximum atomic E-state index is 12.0. The third kappa shape index (κ3) is 4.55. The van der Waals surface area contributed by atoms with Crippen LogP contribution in [0.4, 0.5) is 5.82 Å². The summed E-state index contributed by atoms with van der Waals surface area (Å²) in [4.78, 5) is 18.7. The lowest BCUT2D eigenvalue weighted by atomic mass is 10.1. The lowest BCUT2D eigenvalue weighted by molar-refractivity contribution is -0.121. The number of aryl methyl sites for hydroxylation is 1. The van der Waals surface area contributed by atoms with E-state index in [1.165, 1.54) is 18.4 Å². The van der Waals surface area contributed by atoms with Gasteiger partial charge in [-0.1, -0.05) is 30.3 Å². The van der Waals surface area contributed by atoms with Gasteiger partial charge in [0.05, 0.1) is 0 Å². The lowest BCUT2D eigenvalue weighted by Crippen LogP contribution is -2.24. The van der Waals surface area contributed by atoms with E-state index in [4.69, 9.17) is 0 Å². The summed E-state index contributed by atoms with van der Waals surface area (Å²) in [5.41, 5.74) is 2.30. The molecule has 2 heterocycles. The number of hydrogen-bond acceptors (Lipinski definition) is 3. The van der Waals surface area contributed by atoms with Gasteiger partial charge in [-0.2, -0.15) is 0 Å². The first kappa shape index (κ1) is 15.5. The molecular formula is C19H23N3O. The first-order chi connectivity index (χ1) is 11.3. The zero-order valence-electron chi connectivity index (χ0n) is 13.4. The molecule has 1 aliphatic rings. The summed E-state index contributed by atoms with van der Waals surface area (Å²) < 4.78 is 0. The highest BCUT2D eigenvalue weighted by Crippen LogP contribution is 2.18. The van der Waals surface area contributed by atoms with Gasteiger partial charge in [-0.25, -0.2) is 4.98 Å². The van der Waals surface area contributed by atoms with Crippen LogP contribution in [-0.4, -0.2) is 24.0 Å². The van der Waals surface area contributed by atoms with E-state index in [1.54, 1.807) is 0 Å². The largest absolute Gasteiger partial charge is 0.357 e. The minimum Gasteiger partial charge on any atom is -0.357 e. The molecule has 23 heavy (non-hydrogen) atoms. The Balaban J connectivity index is 1.48. The van der Waals surface area contributed by atoms with E-state index in [0.717, 1.165) is 30.9 Å². The monoisotopic (exact) mass is 309 g/mol. The number of rotatable bonds is 6. The first-order valence-corrected chi connectivity index (χ1v) is 8.32. The van der Waals surface area contributed by atoms with Gasteiger partial charge >= 0.3 is 0 Å². The SMILES string of the molecule is O=C(CCc1ccccc1)NCc1ccnc(N2CCCC2)c1. The minimum absolute atomic E-state index is 0.0911. The van der Waals surface area contributed by atoms with Gasteiger partial charge in [0.25, 0.3) is 0 Å². The fraction of sp³-hybridized carbons (Fsp3) is 0.368. The third-order valence-electron chi connectivity index (χ3n) is 4.21. The van der Waals surface area contributed by atoms with Crippen LogP contribution in [0.1, 0.15) is 30.4 Å². The van der Waals surface area contributed by atoms with E-state index >= 15 is 0 Å². The molecule has 0 unspecified atom stereocenters. The average molecular weight is 309 g/mol. The smallest absolute Gasteiger partial charge is 0.220 e. The van der Waals surface area contributed by atoms with Gasteiger partial charge in [-0.05, 0) is 42.5 Å². The van der Waals surface area contributed by atoms with Gasteiger partial charge in [0.1, 0.15) is 5.82 Å². The van der Waals surface area contributed by atoms with Crippen LogP contribution in [0, 0.1) is 0 Å². The number of benzene rings is 1. The number of amides is 1. The van der Waals surface area contributed by atoms with Gasteiger partial charge in [0.2, 0.25) is 5.91 Å². The summed E-state index contributed by atoms with van der Waals surface area (Å²) in [6.07, 6.45) is 5.61. The van der Waals surface area contributed by atoms with Crippen LogP contribution in [0.5, 0.6) is 0 Å². The Hall–Kier alpha value is -2.36. The summed E-state index contributed by atoms with van der Waals surface area (Å²) in [5, 5.41) is 3.00. The molecule has 1 fully saturated rings. The Morgan fingerprint density at radius 1 is 1.09 bits per heavy atom. The van der Waals surface area contributed by atoms with E-state index in [-0.39, 0.29) is 5.91 Å². The van der Waals surface area contributed by atoms with Crippen molar-refractivity contribution in [1.29, 1.82) is 0 Å². The number of pyridine rings is 1. The molecule has 2 aromatic rings. The summed E-state index contributed by atoms with van der Waals surface area (Å²) in [6.45, 7) is 2.73. The number of nitrogens with one attached hydrogen (secondary N) is 1. The molecule has 1 saturated heterocycles. The molecule has 0 bridgehead atoms. The van der Waals surface area contributed by atoms with Crippen LogP contribution < -0.4 is 10.2 Å². The average Bonchev–Trinajstić information content (AvgIpc) is 3.14. The van der Waals surface area contributed by atoms with Crippen molar-refractivity contribution in [2.75, 3.05) is 18.0 Å². The highest BCUT2D eigenvalue weighted by atomic mass is 16.1. The number of carbonyl (C=O) groups is 1. The first-order valence-electron chi connectivity index (χ1n) is 8.32. The van der Waals surface area contributed by atoms with E-state index in [0.29, 0.717) is 13.0 Å². The van der Waals surface area contributed by atoms with Gasteiger partial charge < -0.3 is 10.2 Å². The second-order valence-electron chi connectivity index (χ2n) is 5.98. The maximum absolute atomic E-state index is 12.0. The molecule has 1 amide bonds. The molecule has 1 aliphatic heterocycles. The molecule has 0 aliphatic carbocycles. The van der Waals surface area contributed by atoms with Crippen LogP contribution >= 0.6 is 0 Å². The van der Waals surface area contributed by atoms with Gasteiger partial charge in [0.15, 0.2) is 0 Å². The molecule has 4 heteroatoms. The summed E-state index contributed by atoms with van der Waals surface area (Å²) >= 11 is 0. The summed E-state index contributed by atoms with van der Waals surface area (Å²) in [5.74, 6) is 1.12. The number of hydrogen-bond donors (Lipinski definition) is 1. The Labute approximate surface area is 137 Å². The molecule has 1 aromatic heterocycles. The Bertz CT molecular complexity index is 636. The van der Waals surface area contributed by atoms with Crippen LogP contribution in [0.15, 0.2) is 48.7 Å². The van der Waals surface area contributed by atoms with Crippen LogP contribution in [0.2, 0.25) is 0 Å². The molecule has 0 atom stereocenters. The Kier molecular flexibility index (Phi) is 5.25. The van der Waals surface area contributed by atoms with Crippen LogP contribution in [0.3, 0.4) is 0 Å². The van der Waals surface area contributed by atoms with Crippen molar-refractivity contribution in [3.63, 3.8) is 0 Å². The van der Waals surface area contributed by atoms with Crippen LogP contribution in [-0.2, 0) is 17.8 Å². The maximum Gasteiger partial charge on any atom is 0.220 e. The minimum atomic E-state index is 0.0911. The molecule has 4 nitrogen and oxygen atoms in total. The van der Waals surface area contributed by atoms with Crippen molar-refractivity contribution in [2.24, 2.45) is 0 Å². The second-order valence-corrected chi connectivity index (χ2v) is 5.98. The molecular weight excluding hydrogens is 286 g/mol. The molecule has 0 spiro atoms. The fourth-order valence-electron chi connectivity index (χ4n) is 2.88. The molecule has 1 aromatic carbocycles. The fourth-order valence-corrected chi connectivity index (χ4v) is 2.88. The standard InChI is InChI=1S/C19H23N3O/c23-19(9-8-16-6-2-1-3-7-16)21-15-17-10-11-20-18(14-17)22-12-4-5-13-22/h1-3,6-7,10-11,14H,4-5,8-9,12-13,15H2,(H,21,23). The summed E-state index contributed by atoms with van der Waals surface area (Å²) in [7, 11) is 0. The lowest BCUT2D eigenvalue weighted by Gasteiger charge is -2.17. The van der Waals surface area contributed by atoms with E-state index < -0.39 is 0 Å². The predicted octanol–water partition coefficient (Wildman–Crippen LogP) is 2.93. The second kappa shape index (κ2) is 7.77.